The van der Waals surface area contributed by atoms with E-state index in [1.165, 1.54) is 0 Å². The molecule has 0 amide bonds. The summed E-state index contributed by atoms with van der Waals surface area (Å²) in [5.74, 6) is 0.261. The van der Waals surface area contributed by atoms with E-state index >= 15 is 0 Å². The summed E-state index contributed by atoms with van der Waals surface area (Å²) >= 11 is 5.82. The van der Waals surface area contributed by atoms with E-state index in [2.05, 4.69) is 0 Å². The van der Waals surface area contributed by atoms with Crippen molar-refractivity contribution in [3.8, 4) is 0 Å². The number of hydrogen-bond donors (Lipinski definition) is 1. The number of hydrogen-bond acceptors (Lipinski definition) is 3. The summed E-state index contributed by atoms with van der Waals surface area (Å²) in [4.78, 5) is 0.298. The number of rotatable bonds is 5. The van der Waals surface area contributed by atoms with E-state index in [1.807, 2.05) is 6.92 Å². The second-order valence-electron chi connectivity index (χ2n) is 5.16. The second kappa shape index (κ2) is 6.43. The highest BCUT2D eigenvalue weighted by Gasteiger charge is 2.37. The van der Waals surface area contributed by atoms with Crippen LogP contribution >= 0.6 is 11.6 Å². The molecule has 20 heavy (non-hydrogen) atoms. The highest BCUT2D eigenvalue weighted by Crippen LogP contribution is 2.32. The molecule has 6 heteroatoms. The van der Waals surface area contributed by atoms with Crippen LogP contribution in [-0.4, -0.2) is 31.9 Å². The molecule has 1 aromatic rings. The summed E-state index contributed by atoms with van der Waals surface area (Å²) in [7, 11) is -3.48. The van der Waals surface area contributed by atoms with Gasteiger partial charge >= 0.3 is 0 Å². The van der Waals surface area contributed by atoms with Crippen LogP contribution in [0.3, 0.4) is 0 Å². The van der Waals surface area contributed by atoms with Gasteiger partial charge in [0.1, 0.15) is 0 Å². The lowest BCUT2D eigenvalue weighted by atomic mass is 10.0. The summed E-state index contributed by atoms with van der Waals surface area (Å²) in [6.07, 6.45) is 2.94. The summed E-state index contributed by atoms with van der Waals surface area (Å²) in [6.45, 7) is 2.88. The molecule has 2 atom stereocenters. The number of halogens is 1. The lowest BCUT2D eigenvalue weighted by Crippen LogP contribution is -2.43. The first kappa shape index (κ1) is 15.8. The van der Waals surface area contributed by atoms with Gasteiger partial charge in [0, 0.05) is 17.6 Å². The van der Waals surface area contributed by atoms with Gasteiger partial charge in [-0.25, -0.2) is 8.42 Å². The van der Waals surface area contributed by atoms with Crippen LogP contribution in [0.25, 0.3) is 0 Å². The average Bonchev–Trinajstić information content (AvgIpc) is 2.88. The zero-order valence-corrected chi connectivity index (χ0v) is 13.2. The van der Waals surface area contributed by atoms with E-state index in [1.54, 1.807) is 28.6 Å². The predicted octanol–water partition coefficient (Wildman–Crippen LogP) is 2.48. The Morgan fingerprint density at radius 3 is 2.50 bits per heavy atom. The van der Waals surface area contributed by atoms with E-state index in [-0.39, 0.29) is 12.0 Å². The first-order chi connectivity index (χ1) is 9.50. The Hall–Kier alpha value is -0.620. The molecular formula is C14H21ClN2O2S. The summed E-state index contributed by atoms with van der Waals surface area (Å²) in [5, 5.41) is 0.535. The van der Waals surface area contributed by atoms with Crippen LogP contribution in [0.4, 0.5) is 0 Å². The van der Waals surface area contributed by atoms with Gasteiger partial charge in [-0.3, -0.25) is 0 Å². The van der Waals surface area contributed by atoms with Crippen LogP contribution in [0, 0.1) is 5.92 Å². The zero-order chi connectivity index (χ0) is 14.8. The van der Waals surface area contributed by atoms with Gasteiger partial charge in [-0.1, -0.05) is 24.9 Å². The van der Waals surface area contributed by atoms with Crippen molar-refractivity contribution >= 4 is 21.6 Å². The predicted molar refractivity (Wildman–Crippen MR) is 81.2 cm³/mol. The third-order valence-corrected chi connectivity index (χ3v) is 6.29. The maximum Gasteiger partial charge on any atom is 0.243 e. The van der Waals surface area contributed by atoms with E-state index in [4.69, 9.17) is 17.3 Å². The van der Waals surface area contributed by atoms with Crippen molar-refractivity contribution in [2.45, 2.75) is 37.1 Å². The molecular weight excluding hydrogens is 296 g/mol. The van der Waals surface area contributed by atoms with Gasteiger partial charge in [0.15, 0.2) is 0 Å². The Bertz CT molecular complexity index is 545. The second-order valence-corrected chi connectivity index (χ2v) is 7.48. The number of benzene rings is 1. The van der Waals surface area contributed by atoms with Gasteiger partial charge in [-0.15, -0.1) is 0 Å². The number of nitrogens with zero attached hydrogens (tertiary/aromatic N) is 1. The van der Waals surface area contributed by atoms with Gasteiger partial charge in [-0.2, -0.15) is 4.31 Å². The minimum absolute atomic E-state index is 0.0191. The minimum atomic E-state index is -3.48. The third kappa shape index (κ3) is 3.01. The average molecular weight is 317 g/mol. The molecule has 2 N–H and O–H groups in total. The molecule has 2 unspecified atom stereocenters. The Labute approximate surface area is 126 Å². The van der Waals surface area contributed by atoms with Crippen molar-refractivity contribution in [2.24, 2.45) is 11.7 Å². The maximum absolute atomic E-state index is 12.8. The van der Waals surface area contributed by atoms with Gasteiger partial charge in [0.2, 0.25) is 10.0 Å². The first-order valence-corrected chi connectivity index (χ1v) is 8.80. The van der Waals surface area contributed by atoms with Gasteiger partial charge in [-0.05, 0) is 49.6 Å². The van der Waals surface area contributed by atoms with Crippen LogP contribution in [0.2, 0.25) is 5.02 Å². The van der Waals surface area contributed by atoms with Crippen LogP contribution in [0.1, 0.15) is 26.2 Å². The van der Waals surface area contributed by atoms with E-state index in [0.717, 1.165) is 19.3 Å². The quantitative estimate of drug-likeness (QED) is 0.907. The van der Waals surface area contributed by atoms with Gasteiger partial charge in [0.05, 0.1) is 4.90 Å². The molecule has 1 aromatic carbocycles. The molecule has 0 bridgehead atoms. The molecule has 0 radical (unpaired) electrons. The summed E-state index contributed by atoms with van der Waals surface area (Å²) in [5.41, 5.74) is 5.78. The molecule has 0 aromatic heterocycles. The molecule has 4 nitrogen and oxygen atoms in total. The Kier molecular flexibility index (Phi) is 5.07. The molecule has 112 valence electrons. The van der Waals surface area contributed by atoms with Crippen LogP contribution in [-0.2, 0) is 10.0 Å². The van der Waals surface area contributed by atoms with Crippen LogP contribution in [0.5, 0.6) is 0 Å². The highest BCUT2D eigenvalue weighted by atomic mass is 35.5. The van der Waals surface area contributed by atoms with Crippen molar-refractivity contribution in [3.05, 3.63) is 29.3 Å². The van der Waals surface area contributed by atoms with Crippen molar-refractivity contribution in [1.82, 2.24) is 4.31 Å². The monoisotopic (exact) mass is 316 g/mol. The molecule has 0 saturated heterocycles. The smallest absolute Gasteiger partial charge is 0.243 e. The van der Waals surface area contributed by atoms with Crippen molar-refractivity contribution in [2.75, 3.05) is 13.1 Å². The van der Waals surface area contributed by atoms with E-state index < -0.39 is 10.0 Å². The van der Waals surface area contributed by atoms with Crippen LogP contribution < -0.4 is 5.73 Å². The minimum Gasteiger partial charge on any atom is -0.330 e. The van der Waals surface area contributed by atoms with Gasteiger partial charge in [0.25, 0.3) is 0 Å². The fraction of sp³-hybridized carbons (Fsp3) is 0.571. The summed E-state index contributed by atoms with van der Waals surface area (Å²) < 4.78 is 27.1. The fourth-order valence-electron chi connectivity index (χ4n) is 3.00. The van der Waals surface area contributed by atoms with Crippen molar-refractivity contribution < 1.29 is 8.42 Å². The molecule has 0 aliphatic heterocycles. The molecule has 0 spiro atoms. The topological polar surface area (TPSA) is 63.4 Å². The summed E-state index contributed by atoms with van der Waals surface area (Å²) in [6, 6.07) is 6.36. The fourth-order valence-corrected chi connectivity index (χ4v) is 4.85. The van der Waals surface area contributed by atoms with E-state index in [0.29, 0.717) is 23.0 Å². The van der Waals surface area contributed by atoms with Crippen molar-refractivity contribution in [3.63, 3.8) is 0 Å². The molecule has 0 heterocycles. The lowest BCUT2D eigenvalue weighted by Gasteiger charge is -2.30. The zero-order valence-electron chi connectivity index (χ0n) is 11.6. The third-order valence-electron chi connectivity index (χ3n) is 4.02. The lowest BCUT2D eigenvalue weighted by molar-refractivity contribution is 0.276. The van der Waals surface area contributed by atoms with Gasteiger partial charge < -0.3 is 5.73 Å². The molecule has 1 aliphatic rings. The number of sulfonamides is 1. The SMILES string of the molecule is CCN(C1CCCC1CN)S(=O)(=O)c1ccc(Cl)cc1. The van der Waals surface area contributed by atoms with Crippen LogP contribution in [0.15, 0.2) is 29.2 Å². The molecule has 1 aliphatic carbocycles. The van der Waals surface area contributed by atoms with E-state index in [9.17, 15) is 8.42 Å². The molecule has 2 rings (SSSR count). The first-order valence-electron chi connectivity index (χ1n) is 6.98. The largest absolute Gasteiger partial charge is 0.330 e. The molecule has 1 fully saturated rings. The number of nitrogens with two attached hydrogens (primary N) is 1. The molecule has 1 saturated carbocycles. The Morgan fingerprint density at radius 2 is 1.95 bits per heavy atom. The maximum atomic E-state index is 12.8. The Morgan fingerprint density at radius 1 is 1.30 bits per heavy atom. The highest BCUT2D eigenvalue weighted by molar-refractivity contribution is 7.89. The standard InChI is InChI=1S/C14H21ClN2O2S/c1-2-17(14-5-3-4-11(14)10-16)20(18,19)13-8-6-12(15)7-9-13/h6-9,11,14H,2-5,10,16H2,1H3. The van der Waals surface area contributed by atoms with Crippen molar-refractivity contribution in [1.29, 1.82) is 0 Å². The Balaban J connectivity index is 2.32. The normalized spacial score (nSPS) is 23.4.